The Labute approximate surface area is 171 Å². The van der Waals surface area contributed by atoms with Gasteiger partial charge >= 0.3 is 5.69 Å². The van der Waals surface area contributed by atoms with E-state index < -0.39 is 11.2 Å². The molecule has 1 aliphatic rings. The SMILES string of the molecule is O=C(Cn1ccc(=O)[nH]c1=O)N1CCC[C@@H](c2ncc(Cc3ccc(F)cc3)o2)C1. The van der Waals surface area contributed by atoms with E-state index in [1.165, 1.54) is 29.0 Å². The molecule has 9 heteroatoms. The summed E-state index contributed by atoms with van der Waals surface area (Å²) in [5.41, 5.74) is -0.185. The minimum atomic E-state index is -0.609. The van der Waals surface area contributed by atoms with Gasteiger partial charge in [0.15, 0.2) is 5.89 Å². The van der Waals surface area contributed by atoms with Crippen molar-refractivity contribution in [3.63, 3.8) is 0 Å². The molecule has 3 aromatic rings. The Hall–Kier alpha value is -3.49. The van der Waals surface area contributed by atoms with Crippen LogP contribution in [0.2, 0.25) is 0 Å². The maximum Gasteiger partial charge on any atom is 0.328 e. The molecule has 156 valence electrons. The van der Waals surface area contributed by atoms with Gasteiger partial charge in [-0.1, -0.05) is 12.1 Å². The summed E-state index contributed by atoms with van der Waals surface area (Å²) in [7, 11) is 0. The van der Waals surface area contributed by atoms with Crippen molar-refractivity contribution in [1.82, 2.24) is 19.4 Å². The van der Waals surface area contributed by atoms with Gasteiger partial charge in [-0.25, -0.2) is 14.2 Å². The Kier molecular flexibility index (Phi) is 5.60. The van der Waals surface area contributed by atoms with Crippen molar-refractivity contribution in [2.75, 3.05) is 13.1 Å². The Bertz CT molecular complexity index is 1150. The van der Waals surface area contributed by atoms with E-state index in [4.69, 9.17) is 4.42 Å². The lowest BCUT2D eigenvalue weighted by atomic mass is 9.98. The number of carbonyl (C=O) groups excluding carboxylic acids is 1. The molecule has 8 nitrogen and oxygen atoms in total. The summed E-state index contributed by atoms with van der Waals surface area (Å²) in [6, 6.07) is 7.44. The zero-order valence-corrected chi connectivity index (χ0v) is 16.2. The van der Waals surface area contributed by atoms with Crippen molar-refractivity contribution in [2.24, 2.45) is 0 Å². The summed E-state index contributed by atoms with van der Waals surface area (Å²) in [5.74, 6) is 0.739. The number of hydrogen-bond acceptors (Lipinski definition) is 5. The van der Waals surface area contributed by atoms with Crippen LogP contribution in [0, 0.1) is 5.82 Å². The molecule has 2 aromatic heterocycles. The van der Waals surface area contributed by atoms with Crippen molar-refractivity contribution in [1.29, 1.82) is 0 Å². The van der Waals surface area contributed by atoms with Gasteiger partial charge in [0.05, 0.1) is 12.1 Å². The maximum absolute atomic E-state index is 13.0. The third kappa shape index (κ3) is 4.56. The molecule has 0 bridgehead atoms. The molecule has 0 saturated carbocycles. The average molecular weight is 412 g/mol. The molecule has 1 saturated heterocycles. The minimum Gasteiger partial charge on any atom is -0.445 e. The fraction of sp³-hybridized carbons (Fsp3) is 0.333. The highest BCUT2D eigenvalue weighted by atomic mass is 19.1. The Morgan fingerprint density at radius 2 is 2.03 bits per heavy atom. The number of likely N-dealkylation sites (tertiary alicyclic amines) is 1. The second-order valence-corrected chi connectivity index (χ2v) is 7.39. The number of rotatable bonds is 5. The summed E-state index contributed by atoms with van der Waals surface area (Å²) < 4.78 is 20.1. The number of piperidine rings is 1. The van der Waals surface area contributed by atoms with Gasteiger partial charge in [-0.2, -0.15) is 0 Å². The lowest BCUT2D eigenvalue weighted by molar-refractivity contribution is -0.133. The van der Waals surface area contributed by atoms with E-state index >= 15 is 0 Å². The number of aromatic nitrogens is 3. The molecule has 0 spiro atoms. The fourth-order valence-electron chi connectivity index (χ4n) is 3.62. The topological polar surface area (TPSA) is 101 Å². The summed E-state index contributed by atoms with van der Waals surface area (Å²) in [5, 5.41) is 0. The van der Waals surface area contributed by atoms with Crippen LogP contribution >= 0.6 is 0 Å². The molecule has 1 aliphatic heterocycles. The molecule has 3 heterocycles. The van der Waals surface area contributed by atoms with Gasteiger partial charge in [-0.15, -0.1) is 0 Å². The number of halogens is 1. The normalized spacial score (nSPS) is 16.6. The Morgan fingerprint density at radius 1 is 1.23 bits per heavy atom. The van der Waals surface area contributed by atoms with Crippen molar-refractivity contribution < 1.29 is 13.6 Å². The molecule has 4 rings (SSSR count). The van der Waals surface area contributed by atoms with Crippen molar-refractivity contribution in [3.05, 3.63) is 86.6 Å². The van der Waals surface area contributed by atoms with Crippen molar-refractivity contribution in [3.8, 4) is 0 Å². The van der Waals surface area contributed by atoms with Crippen LogP contribution < -0.4 is 11.2 Å². The van der Waals surface area contributed by atoms with E-state index in [2.05, 4.69) is 9.97 Å². The number of aromatic amines is 1. The molecule has 1 N–H and O–H groups in total. The lowest BCUT2D eigenvalue weighted by Gasteiger charge is -2.31. The van der Waals surface area contributed by atoms with Gasteiger partial charge in [-0.3, -0.25) is 19.1 Å². The molecule has 1 fully saturated rings. The largest absolute Gasteiger partial charge is 0.445 e. The summed E-state index contributed by atoms with van der Waals surface area (Å²) in [6.07, 6.45) is 5.14. The van der Waals surface area contributed by atoms with Gasteiger partial charge in [0.2, 0.25) is 5.91 Å². The number of hydrogen-bond donors (Lipinski definition) is 1. The third-order valence-corrected chi connectivity index (χ3v) is 5.19. The molecule has 0 radical (unpaired) electrons. The van der Waals surface area contributed by atoms with Crippen LogP contribution in [0.4, 0.5) is 4.39 Å². The van der Waals surface area contributed by atoms with E-state index in [9.17, 15) is 18.8 Å². The van der Waals surface area contributed by atoms with Crippen LogP contribution in [0.3, 0.4) is 0 Å². The second-order valence-electron chi connectivity index (χ2n) is 7.39. The smallest absolute Gasteiger partial charge is 0.328 e. The standard InChI is InChI=1S/C21H21FN4O4/c22-16-5-3-14(4-6-16)10-17-11-23-20(30-17)15-2-1-8-25(12-15)19(28)13-26-9-7-18(27)24-21(26)29/h3-7,9,11,15H,1-2,8,10,12-13H2,(H,24,27,29)/t15-/m1/s1. The Balaban J connectivity index is 1.40. The zero-order chi connectivity index (χ0) is 21.1. The highest BCUT2D eigenvalue weighted by Gasteiger charge is 2.28. The average Bonchev–Trinajstić information content (AvgIpc) is 3.20. The highest BCUT2D eigenvalue weighted by Crippen LogP contribution is 2.27. The molecular weight excluding hydrogens is 391 g/mol. The number of H-pyrrole nitrogens is 1. The van der Waals surface area contributed by atoms with E-state index in [0.717, 1.165) is 18.4 Å². The predicted molar refractivity (Wildman–Crippen MR) is 106 cm³/mol. The minimum absolute atomic E-state index is 0.0306. The highest BCUT2D eigenvalue weighted by molar-refractivity contribution is 5.76. The van der Waals surface area contributed by atoms with Crippen LogP contribution in [0.5, 0.6) is 0 Å². The fourth-order valence-corrected chi connectivity index (χ4v) is 3.62. The summed E-state index contributed by atoms with van der Waals surface area (Å²) in [6.45, 7) is 0.910. The summed E-state index contributed by atoms with van der Waals surface area (Å²) in [4.78, 5) is 43.8. The van der Waals surface area contributed by atoms with E-state index in [1.807, 2.05) is 0 Å². The van der Waals surface area contributed by atoms with Crippen molar-refractivity contribution in [2.45, 2.75) is 31.7 Å². The number of benzene rings is 1. The Morgan fingerprint density at radius 3 is 2.80 bits per heavy atom. The molecule has 1 atom stereocenters. The van der Waals surface area contributed by atoms with Crippen LogP contribution in [0.1, 0.15) is 36.0 Å². The van der Waals surface area contributed by atoms with Gasteiger partial charge in [-0.05, 0) is 30.5 Å². The molecule has 1 aromatic carbocycles. The zero-order valence-electron chi connectivity index (χ0n) is 16.2. The third-order valence-electron chi connectivity index (χ3n) is 5.19. The first-order valence-electron chi connectivity index (χ1n) is 9.74. The number of amides is 1. The lowest BCUT2D eigenvalue weighted by Crippen LogP contribution is -2.42. The van der Waals surface area contributed by atoms with E-state index in [1.54, 1.807) is 23.2 Å². The van der Waals surface area contributed by atoms with Gasteiger partial charge in [0.25, 0.3) is 5.56 Å². The number of nitrogens with zero attached hydrogens (tertiary/aromatic N) is 3. The molecule has 0 unspecified atom stereocenters. The number of carbonyl (C=O) groups is 1. The number of nitrogens with one attached hydrogen (secondary N) is 1. The first-order chi connectivity index (χ1) is 14.5. The van der Waals surface area contributed by atoms with Gasteiger partial charge in [0.1, 0.15) is 18.1 Å². The maximum atomic E-state index is 13.0. The number of oxazole rings is 1. The van der Waals surface area contributed by atoms with Gasteiger partial charge in [0, 0.05) is 31.8 Å². The first kappa shape index (κ1) is 19.8. The monoisotopic (exact) mass is 412 g/mol. The van der Waals surface area contributed by atoms with Crippen LogP contribution in [0.15, 0.2) is 56.7 Å². The van der Waals surface area contributed by atoms with Crippen LogP contribution in [0.25, 0.3) is 0 Å². The molecule has 1 amide bonds. The van der Waals surface area contributed by atoms with Crippen LogP contribution in [-0.2, 0) is 17.8 Å². The predicted octanol–water partition coefficient (Wildman–Crippen LogP) is 1.66. The second kappa shape index (κ2) is 8.48. The molecule has 30 heavy (non-hydrogen) atoms. The van der Waals surface area contributed by atoms with E-state index in [0.29, 0.717) is 31.2 Å². The summed E-state index contributed by atoms with van der Waals surface area (Å²) >= 11 is 0. The van der Waals surface area contributed by atoms with Gasteiger partial charge < -0.3 is 9.32 Å². The van der Waals surface area contributed by atoms with E-state index in [-0.39, 0.29) is 24.2 Å². The molecule has 0 aliphatic carbocycles. The quantitative estimate of drug-likeness (QED) is 0.687. The van der Waals surface area contributed by atoms with Crippen molar-refractivity contribution >= 4 is 5.91 Å². The first-order valence-corrected chi connectivity index (χ1v) is 9.74. The molecular formula is C21H21FN4O4. The van der Waals surface area contributed by atoms with Crippen LogP contribution in [-0.4, -0.2) is 38.4 Å².